The van der Waals surface area contributed by atoms with E-state index in [0.717, 1.165) is 26.0 Å². The third kappa shape index (κ3) is 8.48. The molecule has 4 aromatic rings. The Balaban J connectivity index is 1.69. The largest absolute Gasteiger partial charge is 0.460 e. The minimum Gasteiger partial charge on any atom is -0.460 e. The van der Waals surface area contributed by atoms with Crippen LogP contribution in [0, 0.1) is 0 Å². The zero-order valence-corrected chi connectivity index (χ0v) is 26.3. The molecule has 0 aliphatic rings. The number of halogens is 1. The highest BCUT2D eigenvalue weighted by molar-refractivity contribution is 9.10. The number of carbonyl (C=O) groups is 4. The van der Waals surface area contributed by atoms with Crippen LogP contribution in [0.3, 0.4) is 0 Å². The summed E-state index contributed by atoms with van der Waals surface area (Å²) < 4.78 is 22.5. The highest BCUT2D eigenvalue weighted by Crippen LogP contribution is 2.46. The lowest BCUT2D eigenvalue weighted by atomic mass is 9.92. The standard InChI is InChI=1S/C34H31BrN2O8/c1-20(2)31(38)42-17-15-36-33(40)44-27-13-9-22-7-5-6-8-25(22)29(27)30-26-12-11-24(35)19-23(26)10-14-28(30)45-34(41)37-16-18-43-32(39)21(3)4/h5-14,19H,1,3,15-18H2,2,4H3,(H,36,40)(H,37,41). The van der Waals surface area contributed by atoms with Gasteiger partial charge in [-0.3, -0.25) is 0 Å². The summed E-state index contributed by atoms with van der Waals surface area (Å²) in [6.07, 6.45) is -1.55. The summed E-state index contributed by atoms with van der Waals surface area (Å²) in [5.41, 5.74) is 1.53. The molecule has 0 fully saturated rings. The minimum atomic E-state index is -0.774. The molecule has 4 rings (SSSR count). The number of ether oxygens (including phenoxy) is 4. The number of esters is 2. The molecular weight excluding hydrogens is 644 g/mol. The van der Waals surface area contributed by atoms with Crippen molar-refractivity contribution >= 4 is 61.6 Å². The van der Waals surface area contributed by atoms with Gasteiger partial charge in [0.1, 0.15) is 24.7 Å². The lowest BCUT2D eigenvalue weighted by molar-refractivity contribution is -0.139. The van der Waals surface area contributed by atoms with Crippen molar-refractivity contribution in [3.8, 4) is 22.6 Å². The number of benzene rings is 4. The molecule has 0 atom stereocenters. The van der Waals surface area contributed by atoms with Crippen molar-refractivity contribution in [2.45, 2.75) is 13.8 Å². The van der Waals surface area contributed by atoms with E-state index in [0.29, 0.717) is 11.1 Å². The highest BCUT2D eigenvalue weighted by atomic mass is 79.9. The Bertz CT molecular complexity index is 1820. The van der Waals surface area contributed by atoms with Crippen LogP contribution in [-0.4, -0.2) is 50.4 Å². The highest BCUT2D eigenvalue weighted by Gasteiger charge is 2.22. The van der Waals surface area contributed by atoms with E-state index in [1.165, 1.54) is 13.8 Å². The Kier molecular flexibility index (Phi) is 10.9. The van der Waals surface area contributed by atoms with Crippen molar-refractivity contribution < 1.29 is 38.1 Å². The van der Waals surface area contributed by atoms with Gasteiger partial charge in [0.25, 0.3) is 0 Å². The average molecular weight is 676 g/mol. The molecule has 0 saturated heterocycles. The van der Waals surface area contributed by atoms with Crippen molar-refractivity contribution in [3.63, 3.8) is 0 Å². The predicted octanol–water partition coefficient (Wildman–Crippen LogP) is 6.84. The number of nitrogens with one attached hydrogen (secondary N) is 2. The molecule has 45 heavy (non-hydrogen) atoms. The minimum absolute atomic E-state index is 0.0121. The van der Waals surface area contributed by atoms with Crippen LogP contribution >= 0.6 is 15.9 Å². The predicted molar refractivity (Wildman–Crippen MR) is 174 cm³/mol. The summed E-state index contributed by atoms with van der Waals surface area (Å²) in [6.45, 7) is 10.00. The topological polar surface area (TPSA) is 129 Å². The quantitative estimate of drug-likeness (QED) is 0.101. The molecular formula is C34H31BrN2O8. The van der Waals surface area contributed by atoms with E-state index < -0.39 is 24.1 Å². The van der Waals surface area contributed by atoms with Crippen molar-refractivity contribution in [2.24, 2.45) is 0 Å². The molecule has 0 bridgehead atoms. The number of carbonyl (C=O) groups excluding carboxylic acids is 4. The third-order valence-electron chi connectivity index (χ3n) is 6.40. The molecule has 0 heterocycles. The Labute approximate surface area is 268 Å². The SMILES string of the molecule is C=C(C)C(=O)OCCNC(=O)Oc1ccc2ccccc2c1-c1c(OC(=O)NCCOC(=O)C(=C)C)ccc2cc(Br)ccc12. The summed E-state index contributed by atoms with van der Waals surface area (Å²) in [5, 5.41) is 8.32. The average Bonchev–Trinajstić information content (AvgIpc) is 3.01. The Morgan fingerprint density at radius 3 is 1.69 bits per heavy atom. The van der Waals surface area contributed by atoms with Crippen molar-refractivity contribution in [2.75, 3.05) is 26.3 Å². The molecule has 0 saturated carbocycles. The van der Waals surface area contributed by atoms with Crippen molar-refractivity contribution in [1.29, 1.82) is 0 Å². The van der Waals surface area contributed by atoms with E-state index >= 15 is 0 Å². The molecule has 232 valence electrons. The van der Waals surface area contributed by atoms with Crippen LogP contribution in [-0.2, 0) is 19.1 Å². The fourth-order valence-corrected chi connectivity index (χ4v) is 4.71. The van der Waals surface area contributed by atoms with E-state index in [-0.39, 0.29) is 48.9 Å². The second-order valence-corrected chi connectivity index (χ2v) is 10.8. The van der Waals surface area contributed by atoms with Crippen LogP contribution < -0.4 is 20.1 Å². The van der Waals surface area contributed by atoms with Gasteiger partial charge >= 0.3 is 24.1 Å². The number of rotatable bonds is 11. The van der Waals surface area contributed by atoms with Gasteiger partial charge in [0, 0.05) is 26.7 Å². The maximum atomic E-state index is 12.9. The first-order chi connectivity index (χ1) is 21.5. The summed E-state index contributed by atoms with van der Waals surface area (Å²) >= 11 is 3.51. The number of fused-ring (bicyclic) bond motifs is 2. The zero-order valence-electron chi connectivity index (χ0n) is 24.7. The van der Waals surface area contributed by atoms with Gasteiger partial charge in [0.2, 0.25) is 0 Å². The van der Waals surface area contributed by atoms with E-state index in [1.807, 2.05) is 54.6 Å². The number of hydrogen-bond acceptors (Lipinski definition) is 8. The van der Waals surface area contributed by atoms with Gasteiger partial charge in [-0.15, -0.1) is 0 Å². The smallest absolute Gasteiger partial charge is 0.412 e. The molecule has 4 aromatic carbocycles. The molecule has 0 aliphatic carbocycles. The van der Waals surface area contributed by atoms with Crippen LogP contribution in [0.4, 0.5) is 9.59 Å². The summed E-state index contributed by atoms with van der Waals surface area (Å²) in [4.78, 5) is 49.0. The van der Waals surface area contributed by atoms with Gasteiger partial charge in [-0.1, -0.05) is 71.6 Å². The third-order valence-corrected chi connectivity index (χ3v) is 6.89. The monoisotopic (exact) mass is 674 g/mol. The van der Waals surface area contributed by atoms with Crippen molar-refractivity contribution in [1.82, 2.24) is 10.6 Å². The number of amides is 2. The first kappa shape index (κ1) is 32.7. The maximum absolute atomic E-state index is 12.9. The second kappa shape index (κ2) is 15.0. The van der Waals surface area contributed by atoms with E-state index in [9.17, 15) is 19.2 Å². The number of hydrogen-bond donors (Lipinski definition) is 2. The Morgan fingerprint density at radius 2 is 1.16 bits per heavy atom. The Hall–Kier alpha value is -5.16. The fourth-order valence-electron chi connectivity index (χ4n) is 4.33. The molecule has 0 unspecified atom stereocenters. The molecule has 0 aromatic heterocycles. The Morgan fingerprint density at radius 1 is 0.667 bits per heavy atom. The van der Waals surface area contributed by atoms with Crippen molar-refractivity contribution in [3.05, 3.63) is 95.5 Å². The fraction of sp³-hybridized carbons (Fsp3) is 0.176. The van der Waals surface area contributed by atoms with Gasteiger partial charge < -0.3 is 29.6 Å². The molecule has 0 spiro atoms. The zero-order chi connectivity index (χ0) is 32.5. The maximum Gasteiger partial charge on any atom is 0.412 e. The van der Waals surface area contributed by atoms with E-state index in [1.54, 1.807) is 12.1 Å². The molecule has 0 aliphatic heterocycles. The lowest BCUT2D eigenvalue weighted by Gasteiger charge is -2.19. The molecule has 11 heteroatoms. The normalized spacial score (nSPS) is 10.6. The molecule has 2 amide bonds. The van der Waals surface area contributed by atoms with Crippen LogP contribution in [0.5, 0.6) is 11.5 Å². The van der Waals surface area contributed by atoms with E-state index in [2.05, 4.69) is 39.7 Å². The molecule has 2 N–H and O–H groups in total. The first-order valence-electron chi connectivity index (χ1n) is 13.9. The molecule has 10 nitrogen and oxygen atoms in total. The second-order valence-electron chi connectivity index (χ2n) is 9.93. The molecule has 0 radical (unpaired) electrons. The van der Waals surface area contributed by atoms with Crippen LogP contribution in [0.15, 0.2) is 95.5 Å². The van der Waals surface area contributed by atoms with Gasteiger partial charge in [0.15, 0.2) is 0 Å². The lowest BCUT2D eigenvalue weighted by Crippen LogP contribution is -2.31. The first-order valence-corrected chi connectivity index (χ1v) is 14.7. The summed E-state index contributed by atoms with van der Waals surface area (Å²) in [5.74, 6) is -0.713. The van der Waals surface area contributed by atoms with Crippen LogP contribution in [0.2, 0.25) is 0 Å². The van der Waals surface area contributed by atoms with E-state index in [4.69, 9.17) is 18.9 Å². The summed E-state index contributed by atoms with van der Waals surface area (Å²) in [7, 11) is 0. The van der Waals surface area contributed by atoms with Gasteiger partial charge in [-0.2, -0.15) is 0 Å². The van der Waals surface area contributed by atoms with Gasteiger partial charge in [-0.25, -0.2) is 19.2 Å². The van der Waals surface area contributed by atoms with Crippen LogP contribution in [0.25, 0.3) is 32.7 Å². The van der Waals surface area contributed by atoms with Gasteiger partial charge in [0.05, 0.1) is 13.1 Å². The van der Waals surface area contributed by atoms with Gasteiger partial charge in [-0.05, 0) is 59.7 Å². The summed E-state index contributed by atoms with van der Waals surface area (Å²) in [6, 6.07) is 20.1. The van der Waals surface area contributed by atoms with Crippen LogP contribution in [0.1, 0.15) is 13.8 Å².